The molecule has 0 heterocycles. The third-order valence-electron chi connectivity index (χ3n) is 4.98. The molecule has 0 saturated carbocycles. The Morgan fingerprint density at radius 3 is 2.28 bits per heavy atom. The Kier molecular flexibility index (Phi) is 9.78. The van der Waals surface area contributed by atoms with Crippen molar-refractivity contribution in [3.8, 4) is 17.2 Å². The van der Waals surface area contributed by atoms with Gasteiger partial charge in [0.25, 0.3) is 5.91 Å². The Morgan fingerprint density at radius 1 is 1.06 bits per heavy atom. The fraction of sp³-hybridized carbons (Fsp3) is 0.417. The number of halogens is 1. The number of rotatable bonds is 12. The van der Waals surface area contributed by atoms with E-state index in [4.69, 9.17) is 14.2 Å². The van der Waals surface area contributed by atoms with Gasteiger partial charge in [-0.1, -0.05) is 31.5 Å². The molecule has 0 bridgehead atoms. The summed E-state index contributed by atoms with van der Waals surface area (Å²) in [5.74, 6) is 0.208. The van der Waals surface area contributed by atoms with E-state index >= 15 is 0 Å². The van der Waals surface area contributed by atoms with Crippen LogP contribution in [0.2, 0.25) is 0 Å². The molecule has 0 unspecified atom stereocenters. The first kappa shape index (κ1) is 25.0. The van der Waals surface area contributed by atoms with Crippen LogP contribution >= 0.6 is 0 Å². The molecule has 2 aromatic rings. The van der Waals surface area contributed by atoms with Gasteiger partial charge in [0.2, 0.25) is 5.91 Å². The minimum atomic E-state index is -0.803. The molecule has 7 nitrogen and oxygen atoms in total. The van der Waals surface area contributed by atoms with Gasteiger partial charge in [0, 0.05) is 36.9 Å². The molecule has 8 heteroatoms. The number of benzene rings is 2. The zero-order chi connectivity index (χ0) is 23.5. The second kappa shape index (κ2) is 12.5. The number of nitrogens with zero attached hydrogens (tertiary/aromatic N) is 1. The second-order valence-electron chi connectivity index (χ2n) is 7.27. The highest BCUT2D eigenvalue weighted by molar-refractivity contribution is 5.88. The molecule has 0 aliphatic carbocycles. The minimum absolute atomic E-state index is 0.0569. The molecule has 0 aliphatic rings. The Bertz CT molecular complexity index is 883. The van der Waals surface area contributed by atoms with Crippen LogP contribution in [0.25, 0.3) is 0 Å². The molecule has 0 aliphatic heterocycles. The molecule has 0 saturated heterocycles. The van der Waals surface area contributed by atoms with Crippen molar-refractivity contribution < 1.29 is 28.2 Å². The van der Waals surface area contributed by atoms with Crippen LogP contribution in [0.4, 0.5) is 4.39 Å². The lowest BCUT2D eigenvalue weighted by Gasteiger charge is -2.29. The minimum Gasteiger partial charge on any atom is -0.496 e. The first-order chi connectivity index (χ1) is 15.4. The second-order valence-corrected chi connectivity index (χ2v) is 7.27. The molecule has 0 spiro atoms. The van der Waals surface area contributed by atoms with Gasteiger partial charge in [-0.3, -0.25) is 9.59 Å². The number of hydrogen-bond donors (Lipinski definition) is 1. The van der Waals surface area contributed by atoms with Crippen LogP contribution in [0, 0.1) is 5.82 Å². The van der Waals surface area contributed by atoms with Crippen LogP contribution < -0.4 is 19.5 Å². The summed E-state index contributed by atoms with van der Waals surface area (Å²) in [6, 6.07) is 10.3. The highest BCUT2D eigenvalue weighted by atomic mass is 19.1. The number of methoxy groups -OCH3 is 2. The summed E-state index contributed by atoms with van der Waals surface area (Å²) in [5, 5.41) is 2.82. The van der Waals surface area contributed by atoms with Gasteiger partial charge in [0.15, 0.2) is 6.61 Å². The maximum Gasteiger partial charge on any atom is 0.261 e. The lowest BCUT2D eigenvalue weighted by Crippen LogP contribution is -2.49. The van der Waals surface area contributed by atoms with Crippen molar-refractivity contribution in [2.45, 2.75) is 39.3 Å². The van der Waals surface area contributed by atoms with Gasteiger partial charge in [0.05, 0.1) is 14.2 Å². The van der Waals surface area contributed by atoms with Crippen LogP contribution in [0.5, 0.6) is 17.2 Å². The maximum atomic E-state index is 14.2. The van der Waals surface area contributed by atoms with Crippen LogP contribution in [-0.4, -0.2) is 50.1 Å². The van der Waals surface area contributed by atoms with Crippen LogP contribution in [-0.2, 0) is 16.1 Å². The average molecular weight is 447 g/mol. The smallest absolute Gasteiger partial charge is 0.261 e. The van der Waals surface area contributed by atoms with E-state index in [9.17, 15) is 14.0 Å². The van der Waals surface area contributed by atoms with Gasteiger partial charge in [-0.05, 0) is 19.4 Å². The highest BCUT2D eigenvalue weighted by Gasteiger charge is 2.27. The topological polar surface area (TPSA) is 77.1 Å². The van der Waals surface area contributed by atoms with Gasteiger partial charge < -0.3 is 24.4 Å². The lowest BCUT2D eigenvalue weighted by molar-refractivity contribution is -0.142. The normalized spacial score (nSPS) is 11.4. The van der Waals surface area contributed by atoms with E-state index in [-0.39, 0.29) is 19.1 Å². The van der Waals surface area contributed by atoms with Crippen molar-refractivity contribution in [1.29, 1.82) is 0 Å². The van der Waals surface area contributed by atoms with Crippen molar-refractivity contribution in [3.05, 3.63) is 53.8 Å². The lowest BCUT2D eigenvalue weighted by atomic mass is 10.1. The van der Waals surface area contributed by atoms with Crippen molar-refractivity contribution in [1.82, 2.24) is 10.2 Å². The van der Waals surface area contributed by atoms with E-state index in [1.165, 1.54) is 25.2 Å². The molecule has 0 radical (unpaired) electrons. The molecule has 1 atom stereocenters. The fourth-order valence-corrected chi connectivity index (χ4v) is 3.02. The third-order valence-corrected chi connectivity index (χ3v) is 4.98. The summed E-state index contributed by atoms with van der Waals surface area (Å²) >= 11 is 0. The number of hydrogen-bond acceptors (Lipinski definition) is 5. The van der Waals surface area contributed by atoms with E-state index in [1.54, 1.807) is 43.3 Å². The van der Waals surface area contributed by atoms with Gasteiger partial charge in [0.1, 0.15) is 29.1 Å². The summed E-state index contributed by atoms with van der Waals surface area (Å²) in [6.07, 6.45) is 1.77. The summed E-state index contributed by atoms with van der Waals surface area (Å²) in [6.45, 7) is 3.76. The quantitative estimate of drug-likeness (QED) is 0.505. The van der Waals surface area contributed by atoms with Gasteiger partial charge in [-0.15, -0.1) is 0 Å². The zero-order valence-corrected chi connectivity index (χ0v) is 19.0. The fourth-order valence-electron chi connectivity index (χ4n) is 3.02. The van der Waals surface area contributed by atoms with Gasteiger partial charge in [-0.2, -0.15) is 0 Å². The molecule has 1 N–H and O–H groups in total. The van der Waals surface area contributed by atoms with E-state index in [0.29, 0.717) is 29.4 Å². The Labute approximate surface area is 188 Å². The van der Waals surface area contributed by atoms with Gasteiger partial charge >= 0.3 is 0 Å². The van der Waals surface area contributed by atoms with Crippen LogP contribution in [0.15, 0.2) is 42.5 Å². The molecule has 0 aromatic heterocycles. The van der Waals surface area contributed by atoms with E-state index in [0.717, 1.165) is 12.8 Å². The molecule has 0 fully saturated rings. The Morgan fingerprint density at radius 2 is 1.69 bits per heavy atom. The number of carbonyl (C=O) groups excluding carboxylic acids is 2. The molecular weight excluding hydrogens is 415 g/mol. The predicted octanol–water partition coefficient (Wildman–Crippen LogP) is 3.56. The van der Waals surface area contributed by atoms with E-state index in [1.807, 2.05) is 6.92 Å². The summed E-state index contributed by atoms with van der Waals surface area (Å²) in [4.78, 5) is 27.0. The molecule has 2 rings (SSSR count). The molecule has 2 aromatic carbocycles. The maximum absolute atomic E-state index is 14.2. The first-order valence-electron chi connectivity index (χ1n) is 10.6. The number of nitrogens with one attached hydrogen (secondary N) is 1. The molecule has 2 amide bonds. The highest BCUT2D eigenvalue weighted by Crippen LogP contribution is 2.27. The standard InChI is InChI=1S/C24H31FN2O5/c1-5-6-11-26-24(29)17(2)27(15-18-9-7-8-10-22(18)25)23(28)16-32-21-13-19(30-3)12-20(14-21)31-4/h7-10,12-14,17H,5-6,11,15-16H2,1-4H3,(H,26,29)/t17-/m1/s1. The van der Waals surface area contributed by atoms with Crippen molar-refractivity contribution in [2.24, 2.45) is 0 Å². The van der Waals surface area contributed by atoms with Crippen LogP contribution in [0.1, 0.15) is 32.3 Å². The average Bonchev–Trinajstić information content (AvgIpc) is 2.81. The summed E-state index contributed by atoms with van der Waals surface area (Å²) < 4.78 is 30.3. The van der Waals surface area contributed by atoms with Crippen molar-refractivity contribution in [2.75, 3.05) is 27.4 Å². The van der Waals surface area contributed by atoms with E-state index in [2.05, 4.69) is 5.32 Å². The van der Waals surface area contributed by atoms with Crippen LogP contribution in [0.3, 0.4) is 0 Å². The Balaban J connectivity index is 2.17. The number of amides is 2. The van der Waals surface area contributed by atoms with Crippen molar-refractivity contribution >= 4 is 11.8 Å². The number of carbonyl (C=O) groups is 2. The molecule has 32 heavy (non-hydrogen) atoms. The third kappa shape index (κ3) is 7.14. The van der Waals surface area contributed by atoms with Gasteiger partial charge in [-0.25, -0.2) is 4.39 Å². The predicted molar refractivity (Wildman–Crippen MR) is 119 cm³/mol. The largest absolute Gasteiger partial charge is 0.496 e. The summed E-state index contributed by atoms with van der Waals surface area (Å²) in [7, 11) is 3.03. The summed E-state index contributed by atoms with van der Waals surface area (Å²) in [5.41, 5.74) is 0.317. The number of ether oxygens (including phenoxy) is 3. The number of unbranched alkanes of at least 4 members (excludes halogenated alkanes) is 1. The SMILES string of the molecule is CCCCNC(=O)[C@@H](C)N(Cc1ccccc1F)C(=O)COc1cc(OC)cc(OC)c1. The Hall–Kier alpha value is -3.29. The van der Waals surface area contributed by atoms with Crippen molar-refractivity contribution in [3.63, 3.8) is 0 Å². The molecule has 174 valence electrons. The van der Waals surface area contributed by atoms with E-state index < -0.39 is 17.8 Å². The zero-order valence-electron chi connectivity index (χ0n) is 19.0. The first-order valence-corrected chi connectivity index (χ1v) is 10.6. The monoisotopic (exact) mass is 446 g/mol. The molecular formula is C24H31FN2O5.